The summed E-state index contributed by atoms with van der Waals surface area (Å²) in [6.07, 6.45) is 1.38. The number of alkyl halides is 3. The van der Waals surface area contributed by atoms with Crippen LogP contribution >= 0.6 is 11.8 Å². The molecule has 1 saturated carbocycles. The van der Waals surface area contributed by atoms with Gasteiger partial charge in [0.2, 0.25) is 5.91 Å². The molecule has 1 spiro atoms. The van der Waals surface area contributed by atoms with Crippen molar-refractivity contribution in [3.63, 3.8) is 0 Å². The molecule has 2 N–H and O–H groups in total. The standard InChI is InChI=1S/C35H39F3N4O3S/c1-23(2)33(44)41(31-14-13-27(46-3)17-32(31)43)15-5-6-26-16-28-29(7-4-8-30(28)42(26)20-35(36,37)38)39-24-9-11-25(12-10-24)40-18-34(19-40)21-45-22-34/h4,7-8,13-14,16-17,23-24,39H,9-12,15,18-22H2,1-3H3/p+1. The summed E-state index contributed by atoms with van der Waals surface area (Å²) in [6.45, 7) is 6.15. The van der Waals surface area contributed by atoms with Crippen LogP contribution in [0.25, 0.3) is 10.9 Å². The third-order valence-electron chi connectivity index (χ3n) is 9.21. The van der Waals surface area contributed by atoms with E-state index in [1.165, 1.54) is 26.9 Å². The lowest BCUT2D eigenvalue weighted by atomic mass is 9.78. The highest BCUT2D eigenvalue weighted by molar-refractivity contribution is 7.98. The number of thioether (sulfide) groups is 1. The Morgan fingerprint density at radius 2 is 1.93 bits per heavy atom. The minimum atomic E-state index is -4.45. The van der Waals surface area contributed by atoms with Gasteiger partial charge in [-0.25, -0.2) is 4.58 Å². The molecule has 0 radical (unpaired) electrons. The fraction of sp³-hybridized carbons (Fsp3) is 0.486. The second-order valence-corrected chi connectivity index (χ2v) is 13.9. The number of aromatic hydroxyl groups is 1. The second-order valence-electron chi connectivity index (χ2n) is 13.0. The normalized spacial score (nSPS) is 19.1. The summed E-state index contributed by atoms with van der Waals surface area (Å²) in [5, 5.41) is 15.0. The molecule has 0 atom stereocenters. The molecule has 1 aliphatic carbocycles. The van der Waals surface area contributed by atoms with Gasteiger partial charge in [-0.3, -0.25) is 9.69 Å². The molecule has 3 heterocycles. The Labute approximate surface area is 271 Å². The van der Waals surface area contributed by atoms with E-state index >= 15 is 0 Å². The molecule has 3 aromatic rings. The molecule has 6 rings (SSSR count). The number of nitrogens with one attached hydrogen (secondary N) is 1. The van der Waals surface area contributed by atoms with E-state index in [9.17, 15) is 23.1 Å². The van der Waals surface area contributed by atoms with Crippen LogP contribution in [0.3, 0.4) is 0 Å². The van der Waals surface area contributed by atoms with Crippen molar-refractivity contribution in [2.75, 3.05) is 49.3 Å². The van der Waals surface area contributed by atoms with E-state index in [1.54, 1.807) is 50.2 Å². The average molecular weight is 654 g/mol. The molecule has 1 aromatic heterocycles. The van der Waals surface area contributed by atoms with Crippen molar-refractivity contribution in [1.29, 1.82) is 0 Å². The lowest BCUT2D eigenvalue weighted by Gasteiger charge is -2.45. The molecular formula is C35H40F3N4O3S+. The van der Waals surface area contributed by atoms with Crippen LogP contribution in [-0.2, 0) is 16.1 Å². The van der Waals surface area contributed by atoms with Crippen LogP contribution in [0.5, 0.6) is 5.75 Å². The summed E-state index contributed by atoms with van der Waals surface area (Å²) in [5.74, 6) is 5.18. The molecule has 1 amide bonds. The number of ether oxygens (including phenoxy) is 1. The fourth-order valence-corrected chi connectivity index (χ4v) is 7.15. The SMILES string of the molecule is CSc1ccc(N(CC#Cc2cc3c(NC4CCC(=[N+]5CC6(COC6)C5)CC4)cccc3n2CC(F)(F)F)C(=O)C(C)C)c(O)c1. The van der Waals surface area contributed by atoms with Crippen LogP contribution in [0.4, 0.5) is 24.5 Å². The van der Waals surface area contributed by atoms with Crippen LogP contribution in [0.2, 0.25) is 0 Å². The maximum absolute atomic E-state index is 13.8. The first kappa shape index (κ1) is 32.3. The summed E-state index contributed by atoms with van der Waals surface area (Å²) in [4.78, 5) is 15.3. The monoisotopic (exact) mass is 653 g/mol. The number of halogens is 3. The van der Waals surface area contributed by atoms with Crippen LogP contribution in [-0.4, -0.2) is 77.2 Å². The number of carbonyl (C=O) groups excluding carboxylic acids is 1. The molecule has 244 valence electrons. The van der Waals surface area contributed by atoms with Gasteiger partial charge in [0.05, 0.1) is 36.7 Å². The van der Waals surface area contributed by atoms with Gasteiger partial charge in [-0.1, -0.05) is 25.8 Å². The zero-order valence-corrected chi connectivity index (χ0v) is 27.2. The summed E-state index contributed by atoms with van der Waals surface area (Å²) < 4.78 is 50.5. The first-order chi connectivity index (χ1) is 21.9. The molecule has 7 nitrogen and oxygen atoms in total. The Morgan fingerprint density at radius 1 is 1.20 bits per heavy atom. The first-order valence-corrected chi connectivity index (χ1v) is 17.0. The van der Waals surface area contributed by atoms with Gasteiger partial charge < -0.3 is 19.7 Å². The topological polar surface area (TPSA) is 69.7 Å². The van der Waals surface area contributed by atoms with Crippen molar-refractivity contribution in [2.45, 2.75) is 63.2 Å². The third-order valence-corrected chi connectivity index (χ3v) is 9.93. The van der Waals surface area contributed by atoms with E-state index < -0.39 is 12.7 Å². The number of hydrogen-bond donors (Lipinski definition) is 2. The zero-order chi connectivity index (χ0) is 32.6. The van der Waals surface area contributed by atoms with Gasteiger partial charge in [0, 0.05) is 40.8 Å². The van der Waals surface area contributed by atoms with Gasteiger partial charge in [-0.15, -0.1) is 11.8 Å². The van der Waals surface area contributed by atoms with Crippen molar-refractivity contribution in [2.24, 2.45) is 11.3 Å². The quantitative estimate of drug-likeness (QED) is 0.173. The molecule has 0 bridgehead atoms. The van der Waals surface area contributed by atoms with Gasteiger partial charge in [-0.2, -0.15) is 13.2 Å². The number of benzene rings is 2. The van der Waals surface area contributed by atoms with E-state index in [4.69, 9.17) is 4.74 Å². The number of phenols is 1. The Bertz CT molecular complexity index is 1710. The molecule has 2 aromatic carbocycles. The van der Waals surface area contributed by atoms with Gasteiger partial charge in [0.15, 0.2) is 18.8 Å². The van der Waals surface area contributed by atoms with Crippen LogP contribution < -0.4 is 10.2 Å². The van der Waals surface area contributed by atoms with E-state index in [2.05, 4.69) is 21.7 Å². The van der Waals surface area contributed by atoms with E-state index in [1.807, 2.05) is 12.3 Å². The van der Waals surface area contributed by atoms with Crippen LogP contribution in [0, 0.1) is 23.2 Å². The predicted molar refractivity (Wildman–Crippen MR) is 176 cm³/mol. The predicted octanol–water partition coefficient (Wildman–Crippen LogP) is 6.51. The molecule has 11 heteroatoms. The fourth-order valence-electron chi connectivity index (χ4n) is 6.72. The number of phenolic OH excluding ortho intramolecular Hbond substituents is 1. The molecule has 3 aliphatic rings. The molecule has 3 fully saturated rings. The highest BCUT2D eigenvalue weighted by atomic mass is 32.2. The number of carbonyl (C=O) groups is 1. The van der Waals surface area contributed by atoms with Crippen LogP contribution in [0.1, 0.15) is 45.2 Å². The molecule has 46 heavy (non-hydrogen) atoms. The number of nitrogens with zero attached hydrogens (tertiary/aromatic N) is 3. The van der Waals surface area contributed by atoms with E-state index in [0.717, 1.165) is 62.6 Å². The number of fused-ring (bicyclic) bond motifs is 1. The largest absolute Gasteiger partial charge is 0.506 e. The Kier molecular flexibility index (Phi) is 9.05. The first-order valence-electron chi connectivity index (χ1n) is 15.8. The summed E-state index contributed by atoms with van der Waals surface area (Å²) in [6, 6.07) is 12.4. The number of rotatable bonds is 7. The summed E-state index contributed by atoms with van der Waals surface area (Å²) in [7, 11) is 0. The average Bonchev–Trinajstić information content (AvgIpc) is 3.31. The molecule has 2 aliphatic heterocycles. The number of anilines is 2. The van der Waals surface area contributed by atoms with Crippen molar-refractivity contribution in [3.8, 4) is 17.6 Å². The lowest BCUT2D eigenvalue weighted by Crippen LogP contribution is -2.63. The second kappa shape index (κ2) is 12.9. The smallest absolute Gasteiger partial charge is 0.406 e. The van der Waals surface area contributed by atoms with E-state index in [-0.39, 0.29) is 35.9 Å². The Balaban J connectivity index is 1.24. The molecular weight excluding hydrogens is 613 g/mol. The minimum Gasteiger partial charge on any atom is -0.506 e. The highest BCUT2D eigenvalue weighted by Gasteiger charge is 2.55. The van der Waals surface area contributed by atoms with Gasteiger partial charge >= 0.3 is 6.18 Å². The minimum absolute atomic E-state index is 0.0567. The number of hydrogen-bond acceptors (Lipinski definition) is 5. The summed E-state index contributed by atoms with van der Waals surface area (Å²) in [5.41, 5.74) is 3.65. The van der Waals surface area contributed by atoms with Gasteiger partial charge in [0.1, 0.15) is 17.7 Å². The van der Waals surface area contributed by atoms with Crippen molar-refractivity contribution >= 4 is 45.7 Å². The van der Waals surface area contributed by atoms with Crippen molar-refractivity contribution in [3.05, 3.63) is 48.2 Å². The van der Waals surface area contributed by atoms with E-state index in [0.29, 0.717) is 22.0 Å². The van der Waals surface area contributed by atoms with Crippen LogP contribution in [0.15, 0.2) is 47.4 Å². The number of amides is 1. The molecule has 0 unspecified atom stereocenters. The maximum Gasteiger partial charge on any atom is 0.406 e. The van der Waals surface area contributed by atoms with Crippen molar-refractivity contribution in [1.82, 2.24) is 4.57 Å². The number of aromatic nitrogens is 1. The van der Waals surface area contributed by atoms with Gasteiger partial charge in [0.25, 0.3) is 0 Å². The Morgan fingerprint density at radius 3 is 2.54 bits per heavy atom. The van der Waals surface area contributed by atoms with Gasteiger partial charge in [-0.05, 0) is 61.4 Å². The summed E-state index contributed by atoms with van der Waals surface area (Å²) >= 11 is 1.46. The van der Waals surface area contributed by atoms with Crippen molar-refractivity contribution < 1.29 is 32.4 Å². The zero-order valence-electron chi connectivity index (χ0n) is 26.4. The lowest BCUT2D eigenvalue weighted by molar-refractivity contribution is -0.645. The third kappa shape index (κ3) is 6.74. The molecule has 2 saturated heterocycles. The Hall–Kier alpha value is -3.62. The maximum atomic E-state index is 13.8. The highest BCUT2D eigenvalue weighted by Crippen LogP contribution is 2.37.